The molecule has 3 aromatic carbocycles. The third-order valence-electron chi connectivity index (χ3n) is 8.90. The average molecular weight is 580 g/mol. The van der Waals surface area contributed by atoms with Crippen LogP contribution in [0.2, 0.25) is 0 Å². The number of aromatic nitrogens is 1. The van der Waals surface area contributed by atoms with Gasteiger partial charge in [0.25, 0.3) is 0 Å². The minimum Gasteiger partial charge on any atom is -0.361 e. The van der Waals surface area contributed by atoms with Crippen molar-refractivity contribution in [1.82, 2.24) is 20.1 Å². The number of fused-ring (bicyclic) bond motifs is 1. The standard InChI is InChI=1S/C36H45N5O2/c1-6-27-16-15-26(23-40(4)5)21-33(27)38-35(42)34(25(3)31-22-37-32-14-10-9-13-30(31)32)39-36(43)41-19-17-28(18-20-41)29-12-8-7-11-24(29)2/h7-16,21-22,25,28,34,37H,6,17-20,23H2,1-5H3,(H,38,42)(H,39,43)/t25-,34-/m1/s1. The first kappa shape index (κ1) is 30.4. The molecular formula is C36H45N5O2. The van der Waals surface area contributed by atoms with Gasteiger partial charge in [-0.15, -0.1) is 0 Å². The number of benzene rings is 3. The summed E-state index contributed by atoms with van der Waals surface area (Å²) in [6.45, 7) is 8.36. The minimum atomic E-state index is -0.761. The van der Waals surface area contributed by atoms with Crippen LogP contribution in [0, 0.1) is 6.92 Å². The number of urea groups is 1. The number of nitrogens with zero attached hydrogens (tertiary/aromatic N) is 2. The first-order valence-corrected chi connectivity index (χ1v) is 15.5. The lowest BCUT2D eigenvalue weighted by Gasteiger charge is -2.34. The molecule has 7 heteroatoms. The number of likely N-dealkylation sites (tertiary alicyclic amines) is 1. The van der Waals surface area contributed by atoms with Crippen LogP contribution in [0.3, 0.4) is 0 Å². The zero-order chi connectivity index (χ0) is 30.5. The Kier molecular flexibility index (Phi) is 9.51. The molecule has 0 bridgehead atoms. The van der Waals surface area contributed by atoms with E-state index < -0.39 is 6.04 Å². The van der Waals surface area contributed by atoms with Crippen LogP contribution in [0.4, 0.5) is 10.5 Å². The monoisotopic (exact) mass is 579 g/mol. The molecule has 2 atom stereocenters. The van der Waals surface area contributed by atoms with E-state index in [1.807, 2.05) is 50.3 Å². The fraction of sp³-hybridized carbons (Fsp3) is 0.389. The van der Waals surface area contributed by atoms with Crippen LogP contribution in [0.25, 0.3) is 10.9 Å². The zero-order valence-electron chi connectivity index (χ0n) is 26.1. The maximum Gasteiger partial charge on any atom is 0.318 e. The molecule has 0 radical (unpaired) electrons. The van der Waals surface area contributed by atoms with Crippen molar-refractivity contribution in [1.29, 1.82) is 0 Å². The molecule has 1 aromatic heterocycles. The molecule has 0 aliphatic carbocycles. The van der Waals surface area contributed by atoms with Gasteiger partial charge in [0.1, 0.15) is 6.04 Å². The van der Waals surface area contributed by atoms with Crippen molar-refractivity contribution >= 4 is 28.5 Å². The molecule has 2 heterocycles. The lowest BCUT2D eigenvalue weighted by Crippen LogP contribution is -2.53. The maximum absolute atomic E-state index is 14.1. The van der Waals surface area contributed by atoms with E-state index in [0.717, 1.165) is 59.1 Å². The minimum absolute atomic E-state index is 0.188. The van der Waals surface area contributed by atoms with Crippen LogP contribution >= 0.6 is 0 Å². The number of aromatic amines is 1. The fourth-order valence-electron chi connectivity index (χ4n) is 6.45. The molecule has 7 nitrogen and oxygen atoms in total. The Bertz CT molecular complexity index is 1570. The molecular weight excluding hydrogens is 534 g/mol. The Balaban J connectivity index is 1.37. The van der Waals surface area contributed by atoms with E-state index in [-0.39, 0.29) is 17.9 Å². The van der Waals surface area contributed by atoms with Gasteiger partial charge in [-0.2, -0.15) is 0 Å². The Morgan fingerprint density at radius 3 is 2.47 bits per heavy atom. The van der Waals surface area contributed by atoms with Gasteiger partial charge in [0.15, 0.2) is 0 Å². The highest BCUT2D eigenvalue weighted by molar-refractivity contribution is 5.99. The van der Waals surface area contributed by atoms with E-state index in [4.69, 9.17) is 0 Å². The lowest BCUT2D eigenvalue weighted by atomic mass is 9.87. The number of hydrogen-bond acceptors (Lipinski definition) is 3. The summed E-state index contributed by atoms with van der Waals surface area (Å²) in [5, 5.41) is 7.43. The number of para-hydroxylation sites is 1. The summed E-state index contributed by atoms with van der Waals surface area (Å²) in [5.74, 6) is -0.0336. The highest BCUT2D eigenvalue weighted by atomic mass is 16.2. The molecule has 0 spiro atoms. The van der Waals surface area contributed by atoms with Crippen molar-refractivity contribution in [3.8, 4) is 0 Å². The SMILES string of the molecule is CCc1ccc(CN(C)C)cc1NC(=O)[C@H](NC(=O)N1CCC(c2ccccc2C)CC1)[C@H](C)c1c[nH]c2ccccc12. The van der Waals surface area contributed by atoms with E-state index in [1.54, 1.807) is 0 Å². The Hall–Kier alpha value is -4.10. The average Bonchev–Trinajstić information content (AvgIpc) is 3.44. The number of amides is 3. The smallest absolute Gasteiger partial charge is 0.318 e. The van der Waals surface area contributed by atoms with Crippen molar-refractivity contribution in [2.24, 2.45) is 0 Å². The first-order valence-electron chi connectivity index (χ1n) is 15.5. The summed E-state index contributed by atoms with van der Waals surface area (Å²) in [7, 11) is 4.06. The number of carbonyl (C=O) groups excluding carboxylic acids is 2. The molecule has 4 aromatic rings. The van der Waals surface area contributed by atoms with E-state index in [9.17, 15) is 9.59 Å². The summed E-state index contributed by atoms with van der Waals surface area (Å²) in [4.78, 5) is 35.2. The Labute approximate surface area is 255 Å². The van der Waals surface area contributed by atoms with Gasteiger partial charge >= 0.3 is 6.03 Å². The van der Waals surface area contributed by atoms with Crippen molar-refractivity contribution in [3.63, 3.8) is 0 Å². The van der Waals surface area contributed by atoms with Crippen molar-refractivity contribution in [2.75, 3.05) is 32.5 Å². The normalized spacial score (nSPS) is 15.4. The second-order valence-corrected chi connectivity index (χ2v) is 12.2. The molecule has 1 aliphatic heterocycles. The lowest BCUT2D eigenvalue weighted by molar-refractivity contribution is -0.118. The molecule has 43 heavy (non-hydrogen) atoms. The van der Waals surface area contributed by atoms with Gasteiger partial charge in [0.05, 0.1) is 0 Å². The first-order chi connectivity index (χ1) is 20.7. The summed E-state index contributed by atoms with van der Waals surface area (Å²) in [6, 6.07) is 21.9. The number of nitrogens with one attached hydrogen (secondary N) is 3. The Morgan fingerprint density at radius 2 is 1.74 bits per heavy atom. The maximum atomic E-state index is 14.1. The molecule has 5 rings (SSSR count). The molecule has 1 saturated heterocycles. The van der Waals surface area contributed by atoms with Gasteiger partial charge in [0, 0.05) is 48.3 Å². The second-order valence-electron chi connectivity index (χ2n) is 12.2. The van der Waals surface area contributed by atoms with Gasteiger partial charge in [-0.05, 0) is 86.1 Å². The summed E-state index contributed by atoms with van der Waals surface area (Å²) < 4.78 is 0. The molecule has 0 unspecified atom stereocenters. The summed E-state index contributed by atoms with van der Waals surface area (Å²) in [5.41, 5.74) is 7.69. The third kappa shape index (κ3) is 6.94. The predicted octanol–water partition coefficient (Wildman–Crippen LogP) is 6.80. The van der Waals surface area contributed by atoms with Gasteiger partial charge in [-0.1, -0.05) is 68.4 Å². The van der Waals surface area contributed by atoms with Crippen molar-refractivity contribution in [3.05, 3.63) is 101 Å². The number of hydrogen-bond donors (Lipinski definition) is 3. The Morgan fingerprint density at radius 1 is 1.02 bits per heavy atom. The number of anilines is 1. The molecule has 0 saturated carbocycles. The van der Waals surface area contributed by atoms with Crippen LogP contribution in [-0.4, -0.2) is 59.9 Å². The van der Waals surface area contributed by atoms with Gasteiger partial charge < -0.3 is 25.4 Å². The van der Waals surface area contributed by atoms with Crippen LogP contribution < -0.4 is 10.6 Å². The number of aryl methyl sites for hydroxylation is 2. The topological polar surface area (TPSA) is 80.5 Å². The largest absolute Gasteiger partial charge is 0.361 e. The fourth-order valence-corrected chi connectivity index (χ4v) is 6.45. The number of piperidine rings is 1. The van der Waals surface area contributed by atoms with E-state index in [0.29, 0.717) is 19.0 Å². The van der Waals surface area contributed by atoms with Crippen molar-refractivity contribution < 1.29 is 9.59 Å². The van der Waals surface area contributed by atoms with E-state index >= 15 is 0 Å². The quantitative estimate of drug-likeness (QED) is 0.204. The third-order valence-corrected chi connectivity index (χ3v) is 8.90. The second kappa shape index (κ2) is 13.5. The van der Waals surface area contributed by atoms with Crippen LogP contribution in [-0.2, 0) is 17.8 Å². The zero-order valence-corrected chi connectivity index (χ0v) is 26.1. The summed E-state index contributed by atoms with van der Waals surface area (Å²) in [6.07, 6.45) is 4.57. The molecule has 1 fully saturated rings. The molecule has 3 N–H and O–H groups in total. The van der Waals surface area contributed by atoms with Crippen LogP contribution in [0.1, 0.15) is 66.3 Å². The van der Waals surface area contributed by atoms with Gasteiger partial charge in [0.2, 0.25) is 5.91 Å². The number of rotatable bonds is 9. The molecule has 226 valence electrons. The molecule has 1 aliphatic rings. The predicted molar refractivity (Wildman–Crippen MR) is 176 cm³/mol. The van der Waals surface area contributed by atoms with Crippen LogP contribution in [0.15, 0.2) is 72.9 Å². The number of carbonyl (C=O) groups is 2. The van der Waals surface area contributed by atoms with Crippen molar-refractivity contribution in [2.45, 2.75) is 64.5 Å². The number of H-pyrrole nitrogens is 1. The highest BCUT2D eigenvalue weighted by Crippen LogP contribution is 2.32. The molecule has 3 amide bonds. The van der Waals surface area contributed by atoms with Gasteiger partial charge in [-0.25, -0.2) is 4.79 Å². The highest BCUT2D eigenvalue weighted by Gasteiger charge is 2.33. The van der Waals surface area contributed by atoms with E-state index in [1.165, 1.54) is 11.1 Å². The summed E-state index contributed by atoms with van der Waals surface area (Å²) >= 11 is 0. The van der Waals surface area contributed by atoms with E-state index in [2.05, 4.69) is 82.9 Å². The van der Waals surface area contributed by atoms with Crippen LogP contribution in [0.5, 0.6) is 0 Å². The van der Waals surface area contributed by atoms with Gasteiger partial charge in [-0.3, -0.25) is 4.79 Å².